The van der Waals surface area contributed by atoms with Crippen molar-refractivity contribution in [3.8, 4) is 100 Å². The minimum Gasteiger partial charge on any atom is -0.456 e. The Bertz CT molecular complexity index is 9240. The summed E-state index contributed by atoms with van der Waals surface area (Å²) in [6, 6.07) is 153. The highest BCUT2D eigenvalue weighted by molar-refractivity contribution is 6.32. The van der Waals surface area contributed by atoms with E-state index in [-0.39, 0.29) is 10.8 Å². The molecule has 0 N–H and O–H groups in total. The van der Waals surface area contributed by atoms with Crippen molar-refractivity contribution >= 4 is 163 Å². The number of para-hydroxylation sites is 4. The van der Waals surface area contributed by atoms with E-state index in [2.05, 4.69) is 443 Å². The molecule has 27 aromatic rings. The molecule has 27 rings (SSSR count). The molecule has 0 amide bonds. The molecule has 0 fully saturated rings. The number of hydrogen-bond acceptors (Lipinski definition) is 3. The lowest BCUT2D eigenvalue weighted by Gasteiger charge is -2.23. The van der Waals surface area contributed by atoms with Gasteiger partial charge in [-0.2, -0.15) is 0 Å². The second-order valence-electron chi connectivity index (χ2n) is 38.0. The molecule has 3 heterocycles. The largest absolute Gasteiger partial charge is 0.456 e. The number of furan rings is 3. The average molecular weight is 1690 g/mol. The first-order chi connectivity index (χ1) is 64.6. The standard InChI is InChI=1S/2C44H32O.C41H26O/c1-44(2,3)30-24-28-20-22-34-38(27-12-5-4-6-13-27)26-39(35-23-21-29(25-30)41(28)42(34)35)32-15-8-7-14-31(32)36-17-11-18-37-33-16-9-10-19-40(33)45-43(36)37;1-44(2,3)31-23-29-18-21-36-38(27-11-5-4-6-12-27)26-39(37-22-19-30(24-31)42(29)43(36)37)33-14-8-7-13-32(33)28-17-20-35-34-15-9-10-16-40(34)45-41(35)25-28;1-25-13-15-26(16-14-25)29-21-17-27-20-24-35-32(22-18-28-19-23-34(29)39(27)40(28)35)30-7-2-3-8-31(30)33-10-6-12-38-41(33)36-9-4-5-11-37(36)42-38/h2*4-26H,1-3H3;2-24H,1H3. The van der Waals surface area contributed by atoms with Crippen molar-refractivity contribution in [2.24, 2.45) is 0 Å². The summed E-state index contributed by atoms with van der Waals surface area (Å²) < 4.78 is 19.1. The van der Waals surface area contributed by atoms with Crippen molar-refractivity contribution in [1.29, 1.82) is 0 Å². The molecule has 624 valence electrons. The highest BCUT2D eigenvalue weighted by atomic mass is 16.3. The molecule has 0 spiro atoms. The van der Waals surface area contributed by atoms with Gasteiger partial charge in [0.1, 0.15) is 33.5 Å². The zero-order chi connectivity index (χ0) is 88.4. The van der Waals surface area contributed by atoms with E-state index in [9.17, 15) is 0 Å². The lowest BCUT2D eigenvalue weighted by molar-refractivity contribution is 0.591. The maximum atomic E-state index is 6.54. The van der Waals surface area contributed by atoms with E-state index in [0.29, 0.717) is 0 Å². The summed E-state index contributed by atoms with van der Waals surface area (Å²) in [5.74, 6) is 0. The average Bonchev–Trinajstić information content (AvgIpc) is 1.00. The number of fused-ring (bicyclic) bond motifs is 9. The maximum absolute atomic E-state index is 6.54. The fraction of sp³-hybridized carbons (Fsp3) is 0.0698. The molecule has 0 radical (unpaired) electrons. The molecule has 3 heteroatoms. The van der Waals surface area contributed by atoms with Crippen LogP contribution in [0.5, 0.6) is 0 Å². The van der Waals surface area contributed by atoms with Gasteiger partial charge in [0, 0.05) is 37.9 Å². The molecule has 3 aromatic heterocycles. The van der Waals surface area contributed by atoms with E-state index in [1.165, 1.54) is 208 Å². The summed E-state index contributed by atoms with van der Waals surface area (Å²) in [4.78, 5) is 0. The summed E-state index contributed by atoms with van der Waals surface area (Å²) >= 11 is 0. The lowest BCUT2D eigenvalue weighted by atomic mass is 9.81. The van der Waals surface area contributed by atoms with E-state index < -0.39 is 0 Å². The van der Waals surface area contributed by atoms with Crippen LogP contribution in [0, 0.1) is 6.92 Å². The van der Waals surface area contributed by atoms with Crippen molar-refractivity contribution in [2.45, 2.75) is 59.3 Å². The van der Waals surface area contributed by atoms with Gasteiger partial charge in [-0.15, -0.1) is 0 Å². The summed E-state index contributed by atoms with van der Waals surface area (Å²) in [5.41, 5.74) is 31.6. The van der Waals surface area contributed by atoms with Crippen LogP contribution in [0.3, 0.4) is 0 Å². The first-order valence-corrected chi connectivity index (χ1v) is 46.1. The van der Waals surface area contributed by atoms with Crippen LogP contribution >= 0.6 is 0 Å². The smallest absolute Gasteiger partial charge is 0.143 e. The predicted molar refractivity (Wildman–Crippen MR) is 563 cm³/mol. The van der Waals surface area contributed by atoms with Crippen molar-refractivity contribution in [2.75, 3.05) is 0 Å². The van der Waals surface area contributed by atoms with Gasteiger partial charge in [-0.1, -0.05) is 417 Å². The zero-order valence-corrected chi connectivity index (χ0v) is 74.6. The van der Waals surface area contributed by atoms with Gasteiger partial charge in [0.2, 0.25) is 0 Å². The Morgan fingerprint density at radius 1 is 0.159 bits per heavy atom. The van der Waals surface area contributed by atoms with Crippen LogP contribution in [-0.4, -0.2) is 0 Å². The summed E-state index contributed by atoms with van der Waals surface area (Å²) in [7, 11) is 0. The molecule has 0 bridgehead atoms. The summed E-state index contributed by atoms with van der Waals surface area (Å²) in [5, 5.41) is 30.4. The van der Waals surface area contributed by atoms with Gasteiger partial charge in [-0.3, -0.25) is 0 Å². The molecule has 0 saturated carbocycles. The number of benzene rings is 24. The topological polar surface area (TPSA) is 39.4 Å². The van der Waals surface area contributed by atoms with Crippen LogP contribution in [0.2, 0.25) is 0 Å². The molecule has 0 aliphatic heterocycles. The van der Waals surface area contributed by atoms with Crippen molar-refractivity contribution in [3.63, 3.8) is 0 Å². The summed E-state index contributed by atoms with van der Waals surface area (Å²) in [6.07, 6.45) is 0. The molecular formula is C129H90O3. The second-order valence-corrected chi connectivity index (χ2v) is 38.0. The number of rotatable bonds is 9. The van der Waals surface area contributed by atoms with E-state index in [1.54, 1.807) is 0 Å². The Kier molecular flexibility index (Phi) is 18.0. The van der Waals surface area contributed by atoms with Crippen LogP contribution < -0.4 is 0 Å². The predicted octanol–water partition coefficient (Wildman–Crippen LogP) is 37.4. The van der Waals surface area contributed by atoms with Gasteiger partial charge in [0.15, 0.2) is 0 Å². The minimum atomic E-state index is 0.0709. The first-order valence-electron chi connectivity index (χ1n) is 46.1. The molecule has 0 saturated heterocycles. The quantitative estimate of drug-likeness (QED) is 0.135. The second kappa shape index (κ2) is 30.5. The Morgan fingerprint density at radius 3 is 1.03 bits per heavy atom. The highest BCUT2D eigenvalue weighted by Gasteiger charge is 2.28. The minimum absolute atomic E-state index is 0.0709. The first kappa shape index (κ1) is 78.1. The molecule has 0 unspecified atom stereocenters. The number of aryl methyl sites for hydroxylation is 1. The van der Waals surface area contributed by atoms with Crippen molar-refractivity contribution in [1.82, 2.24) is 0 Å². The Labute approximate surface area is 765 Å². The Morgan fingerprint density at radius 2 is 0.492 bits per heavy atom. The molecular weight excluding hydrogens is 1600 g/mol. The lowest BCUT2D eigenvalue weighted by Crippen LogP contribution is -2.10. The van der Waals surface area contributed by atoms with E-state index in [0.717, 1.165) is 71.6 Å². The number of hydrogen-bond donors (Lipinski definition) is 0. The van der Waals surface area contributed by atoms with Crippen LogP contribution in [0.25, 0.3) is 263 Å². The molecule has 3 nitrogen and oxygen atoms in total. The van der Waals surface area contributed by atoms with Crippen LogP contribution in [0.1, 0.15) is 58.2 Å². The SMILES string of the molecule is CC(C)(C)c1cc2ccc3c(-c4ccccc4)cc(-c4ccccc4-c4ccc5c(c4)oc4ccccc45)c4ccc(c1)c2c34.CC(C)(C)c1cc2ccc3c(-c4ccccc4)cc(-c4ccccc4-c4cccc5c4oc4ccccc45)c4ccc(c1)c2c34.Cc1ccc(-c2ccc3ccc4c(-c5ccccc5-c5cccc6oc7ccccc7c56)ccc5ccc2c3c54)cc1. The fourth-order valence-corrected chi connectivity index (χ4v) is 21.6. The van der Waals surface area contributed by atoms with Gasteiger partial charge in [0.25, 0.3) is 0 Å². The fourth-order valence-electron chi connectivity index (χ4n) is 21.6. The Hall–Kier alpha value is -16.2. The van der Waals surface area contributed by atoms with Crippen LogP contribution in [-0.2, 0) is 10.8 Å². The molecule has 0 aliphatic rings. The normalized spacial score (nSPS) is 12.2. The third-order valence-corrected chi connectivity index (χ3v) is 28.1. The van der Waals surface area contributed by atoms with Gasteiger partial charge < -0.3 is 13.3 Å². The van der Waals surface area contributed by atoms with E-state index in [4.69, 9.17) is 13.3 Å². The van der Waals surface area contributed by atoms with Crippen LogP contribution in [0.4, 0.5) is 0 Å². The molecule has 132 heavy (non-hydrogen) atoms. The molecule has 24 aromatic carbocycles. The summed E-state index contributed by atoms with van der Waals surface area (Å²) in [6.45, 7) is 15.9. The molecule has 0 aliphatic carbocycles. The zero-order valence-electron chi connectivity index (χ0n) is 74.6. The van der Waals surface area contributed by atoms with Gasteiger partial charge >= 0.3 is 0 Å². The van der Waals surface area contributed by atoms with Crippen LogP contribution in [0.15, 0.2) is 432 Å². The van der Waals surface area contributed by atoms with E-state index >= 15 is 0 Å². The highest BCUT2D eigenvalue weighted by Crippen LogP contribution is 2.53. The van der Waals surface area contributed by atoms with E-state index in [1.807, 2.05) is 24.3 Å². The third-order valence-electron chi connectivity index (χ3n) is 28.1. The molecule has 0 atom stereocenters. The maximum Gasteiger partial charge on any atom is 0.143 e. The van der Waals surface area contributed by atoms with Gasteiger partial charge in [-0.05, 0) is 269 Å². The Balaban J connectivity index is 0.000000106. The van der Waals surface area contributed by atoms with Crippen molar-refractivity contribution < 1.29 is 13.3 Å². The van der Waals surface area contributed by atoms with Crippen molar-refractivity contribution in [3.05, 3.63) is 435 Å². The van der Waals surface area contributed by atoms with Gasteiger partial charge in [0.05, 0.1) is 0 Å². The third kappa shape index (κ3) is 12.8. The monoisotopic (exact) mass is 1690 g/mol. The van der Waals surface area contributed by atoms with Gasteiger partial charge in [-0.25, -0.2) is 0 Å².